The molecule has 2 aromatic heterocycles. The lowest BCUT2D eigenvalue weighted by atomic mass is 10.2. The van der Waals surface area contributed by atoms with Crippen molar-refractivity contribution in [3.63, 3.8) is 0 Å². The van der Waals surface area contributed by atoms with Crippen molar-refractivity contribution in [2.24, 2.45) is 0 Å². The Labute approximate surface area is 131 Å². The average molecular weight is 316 g/mol. The van der Waals surface area contributed by atoms with Crippen LogP contribution in [0.1, 0.15) is 0 Å². The molecule has 2 heterocycles. The van der Waals surface area contributed by atoms with E-state index in [9.17, 15) is 0 Å². The van der Waals surface area contributed by atoms with E-state index in [2.05, 4.69) is 15.3 Å². The van der Waals surface area contributed by atoms with Gasteiger partial charge in [0.2, 0.25) is 0 Å². The van der Waals surface area contributed by atoms with Gasteiger partial charge in [-0.25, -0.2) is 9.97 Å². The fourth-order valence-corrected chi connectivity index (χ4v) is 2.85. The Morgan fingerprint density at radius 1 is 1.33 bits per heavy atom. The van der Waals surface area contributed by atoms with Crippen LogP contribution in [0.3, 0.4) is 0 Å². The molecule has 3 rings (SSSR count). The molecule has 0 aliphatic rings. The van der Waals surface area contributed by atoms with Gasteiger partial charge in [-0.2, -0.15) is 0 Å². The van der Waals surface area contributed by atoms with Gasteiger partial charge in [0.25, 0.3) is 0 Å². The molecule has 0 aliphatic carbocycles. The fourth-order valence-electron chi connectivity index (χ4n) is 1.76. The number of anilines is 1. The molecular formula is C14H12N4OS2. The summed E-state index contributed by atoms with van der Waals surface area (Å²) in [5.41, 5.74) is 1.09. The predicted octanol–water partition coefficient (Wildman–Crippen LogP) is 3.26. The third-order valence-corrected chi connectivity index (χ3v) is 4.11. The molecule has 0 bridgehead atoms. The normalized spacial score (nSPS) is 10.3. The Kier molecular flexibility index (Phi) is 3.94. The number of aromatic nitrogens is 3. The number of methoxy groups -OCH3 is 1. The van der Waals surface area contributed by atoms with Crippen molar-refractivity contribution in [3.05, 3.63) is 49.2 Å². The van der Waals surface area contributed by atoms with E-state index in [-0.39, 0.29) is 0 Å². The molecule has 21 heavy (non-hydrogen) atoms. The SMILES string of the molecule is COc1ccc(-c2cnc(NC(=S)n3ccnc3)s2)cc1. The first-order valence-electron chi connectivity index (χ1n) is 6.16. The highest BCUT2D eigenvalue weighted by molar-refractivity contribution is 7.80. The van der Waals surface area contributed by atoms with Gasteiger partial charge in [-0.3, -0.25) is 4.57 Å². The van der Waals surface area contributed by atoms with Crippen molar-refractivity contribution >= 4 is 33.8 Å². The van der Waals surface area contributed by atoms with Crippen molar-refractivity contribution in [1.29, 1.82) is 0 Å². The summed E-state index contributed by atoms with van der Waals surface area (Å²) >= 11 is 6.82. The summed E-state index contributed by atoms with van der Waals surface area (Å²) in [4.78, 5) is 9.36. The summed E-state index contributed by atoms with van der Waals surface area (Å²) in [6, 6.07) is 7.87. The zero-order valence-corrected chi connectivity index (χ0v) is 12.8. The van der Waals surface area contributed by atoms with E-state index >= 15 is 0 Å². The van der Waals surface area contributed by atoms with Crippen LogP contribution in [-0.4, -0.2) is 26.8 Å². The smallest absolute Gasteiger partial charge is 0.189 e. The van der Waals surface area contributed by atoms with E-state index in [1.165, 1.54) is 0 Å². The number of nitrogens with one attached hydrogen (secondary N) is 1. The molecule has 106 valence electrons. The maximum Gasteiger partial charge on any atom is 0.189 e. The highest BCUT2D eigenvalue weighted by Crippen LogP contribution is 2.30. The molecule has 0 amide bonds. The van der Waals surface area contributed by atoms with E-state index in [1.807, 2.05) is 30.5 Å². The van der Waals surface area contributed by atoms with Gasteiger partial charge in [-0.1, -0.05) is 11.3 Å². The van der Waals surface area contributed by atoms with Crippen LogP contribution in [0.2, 0.25) is 0 Å². The molecule has 1 aromatic carbocycles. The maximum absolute atomic E-state index is 5.28. The number of hydrogen-bond donors (Lipinski definition) is 1. The first kappa shape index (κ1) is 13.7. The second-order valence-corrected chi connectivity index (χ2v) is 5.58. The van der Waals surface area contributed by atoms with E-state index in [4.69, 9.17) is 17.0 Å². The number of hydrogen-bond acceptors (Lipinski definition) is 5. The number of thiocarbonyl (C=S) groups is 1. The first-order chi connectivity index (χ1) is 10.3. The van der Waals surface area contributed by atoms with Crippen molar-refractivity contribution in [1.82, 2.24) is 14.5 Å². The van der Waals surface area contributed by atoms with Crippen molar-refractivity contribution < 1.29 is 4.74 Å². The van der Waals surface area contributed by atoms with Gasteiger partial charge in [0.1, 0.15) is 12.1 Å². The standard InChI is InChI=1S/C14H12N4OS2/c1-19-11-4-2-10(3-5-11)12-8-16-13(21-12)17-14(20)18-7-6-15-9-18/h2-9H,1H3,(H,16,17,20). The minimum absolute atomic E-state index is 0.545. The Bertz CT molecular complexity index is 735. The third kappa shape index (κ3) is 3.09. The summed E-state index contributed by atoms with van der Waals surface area (Å²) in [6.07, 6.45) is 6.94. The van der Waals surface area contributed by atoms with Gasteiger partial charge in [-0.15, -0.1) is 0 Å². The van der Waals surface area contributed by atoms with Gasteiger partial charge in [0.15, 0.2) is 10.2 Å². The molecule has 0 radical (unpaired) electrons. The second-order valence-electron chi connectivity index (χ2n) is 4.16. The molecule has 0 fully saturated rings. The van der Waals surface area contributed by atoms with Crippen LogP contribution in [0.15, 0.2) is 49.2 Å². The predicted molar refractivity (Wildman–Crippen MR) is 87.9 cm³/mol. The summed E-state index contributed by atoms with van der Waals surface area (Å²) in [5.74, 6) is 0.836. The summed E-state index contributed by atoms with van der Waals surface area (Å²) in [5, 5.41) is 4.39. The number of imidazole rings is 1. The summed E-state index contributed by atoms with van der Waals surface area (Å²) in [7, 11) is 1.65. The van der Waals surface area contributed by atoms with Crippen LogP contribution >= 0.6 is 23.6 Å². The van der Waals surface area contributed by atoms with Crippen LogP contribution in [0, 0.1) is 0 Å². The highest BCUT2D eigenvalue weighted by atomic mass is 32.1. The molecular weight excluding hydrogens is 304 g/mol. The van der Waals surface area contributed by atoms with E-state index in [1.54, 1.807) is 41.7 Å². The van der Waals surface area contributed by atoms with Gasteiger partial charge in [0.05, 0.1) is 12.0 Å². The van der Waals surface area contributed by atoms with Crippen LogP contribution in [-0.2, 0) is 0 Å². The molecule has 0 atom stereocenters. The number of ether oxygens (including phenoxy) is 1. The van der Waals surface area contributed by atoms with Gasteiger partial charge in [-0.05, 0) is 42.0 Å². The largest absolute Gasteiger partial charge is 0.497 e. The number of rotatable bonds is 3. The zero-order chi connectivity index (χ0) is 14.7. The molecule has 0 aliphatic heterocycles. The number of nitrogens with zero attached hydrogens (tertiary/aromatic N) is 3. The summed E-state index contributed by atoms with van der Waals surface area (Å²) in [6.45, 7) is 0. The first-order valence-corrected chi connectivity index (χ1v) is 7.38. The number of benzene rings is 1. The molecule has 3 aromatic rings. The van der Waals surface area contributed by atoms with Gasteiger partial charge < -0.3 is 10.1 Å². The molecule has 0 unspecified atom stereocenters. The summed E-state index contributed by atoms with van der Waals surface area (Å²) < 4.78 is 6.88. The van der Waals surface area contributed by atoms with Gasteiger partial charge >= 0.3 is 0 Å². The van der Waals surface area contributed by atoms with E-state index < -0.39 is 0 Å². The molecule has 5 nitrogen and oxygen atoms in total. The quantitative estimate of drug-likeness (QED) is 0.752. The monoisotopic (exact) mass is 316 g/mol. The Morgan fingerprint density at radius 2 is 2.14 bits per heavy atom. The molecule has 1 N–H and O–H groups in total. The molecule has 0 spiro atoms. The van der Waals surface area contributed by atoms with E-state index in [0.29, 0.717) is 5.11 Å². The average Bonchev–Trinajstić information content (AvgIpc) is 3.19. The molecule has 7 heteroatoms. The van der Waals surface area contributed by atoms with Crippen molar-refractivity contribution in [2.75, 3.05) is 12.4 Å². The lowest BCUT2D eigenvalue weighted by Crippen LogP contribution is -2.17. The topological polar surface area (TPSA) is 52.0 Å². The maximum atomic E-state index is 5.28. The van der Waals surface area contributed by atoms with Crippen LogP contribution in [0.25, 0.3) is 10.4 Å². The van der Waals surface area contributed by atoms with E-state index in [0.717, 1.165) is 21.3 Å². The third-order valence-electron chi connectivity index (χ3n) is 2.83. The van der Waals surface area contributed by atoms with Crippen LogP contribution in [0.4, 0.5) is 5.13 Å². The van der Waals surface area contributed by atoms with Crippen molar-refractivity contribution in [2.45, 2.75) is 0 Å². The van der Waals surface area contributed by atoms with Crippen LogP contribution in [0.5, 0.6) is 5.75 Å². The fraction of sp³-hybridized carbons (Fsp3) is 0.0714. The molecule has 0 saturated heterocycles. The van der Waals surface area contributed by atoms with Crippen molar-refractivity contribution in [3.8, 4) is 16.2 Å². The van der Waals surface area contributed by atoms with Gasteiger partial charge in [0, 0.05) is 18.6 Å². The Hall–Kier alpha value is -2.25. The minimum atomic E-state index is 0.545. The Balaban J connectivity index is 1.75. The lowest BCUT2D eigenvalue weighted by molar-refractivity contribution is 0.415. The number of thiazole rings is 1. The lowest BCUT2D eigenvalue weighted by Gasteiger charge is -2.04. The van der Waals surface area contributed by atoms with Crippen LogP contribution < -0.4 is 10.1 Å². The Morgan fingerprint density at radius 3 is 2.81 bits per heavy atom. The highest BCUT2D eigenvalue weighted by Gasteiger charge is 2.07. The second kappa shape index (κ2) is 6.02. The molecule has 0 saturated carbocycles. The minimum Gasteiger partial charge on any atom is -0.497 e. The zero-order valence-electron chi connectivity index (χ0n) is 11.2.